The minimum absolute atomic E-state index is 0.0811. The highest BCUT2D eigenvalue weighted by molar-refractivity contribution is 7.18. The van der Waals surface area contributed by atoms with Crippen molar-refractivity contribution in [2.75, 3.05) is 24.6 Å². The number of carbonyl (C=O) groups is 1. The number of aromatic nitrogens is 5. The molecule has 1 atom stereocenters. The lowest BCUT2D eigenvalue weighted by Crippen LogP contribution is -2.42. The first-order valence-electron chi connectivity index (χ1n) is 13.1. The number of alkyl halides is 3. The highest BCUT2D eigenvalue weighted by atomic mass is 32.1. The van der Waals surface area contributed by atoms with Crippen molar-refractivity contribution in [2.24, 2.45) is 0 Å². The summed E-state index contributed by atoms with van der Waals surface area (Å²) in [6, 6.07) is 2.04. The third-order valence-electron chi connectivity index (χ3n) is 6.62. The second-order valence-corrected chi connectivity index (χ2v) is 11.9. The Labute approximate surface area is 228 Å². The minimum atomic E-state index is -4.56. The number of hydrogen-bond acceptors (Lipinski definition) is 9. The Morgan fingerprint density at radius 1 is 1.15 bits per heavy atom. The molecule has 1 fully saturated rings. The molecule has 0 aliphatic carbocycles. The van der Waals surface area contributed by atoms with Gasteiger partial charge >= 0.3 is 18.3 Å². The number of fused-ring (bicyclic) bond motifs is 2. The van der Waals surface area contributed by atoms with Crippen molar-refractivity contribution in [3.05, 3.63) is 22.6 Å². The number of amides is 1. The van der Waals surface area contributed by atoms with Gasteiger partial charge in [0.1, 0.15) is 22.9 Å². The van der Waals surface area contributed by atoms with Gasteiger partial charge in [0.05, 0.1) is 18.0 Å². The van der Waals surface area contributed by atoms with Crippen molar-refractivity contribution >= 4 is 33.5 Å². The van der Waals surface area contributed by atoms with Crippen LogP contribution in [0.2, 0.25) is 0 Å². The van der Waals surface area contributed by atoms with Crippen molar-refractivity contribution in [3.8, 4) is 6.01 Å². The molecule has 5 heterocycles. The van der Waals surface area contributed by atoms with E-state index in [0.29, 0.717) is 18.9 Å². The Balaban J connectivity index is 1.39. The molecule has 1 amide bonds. The summed E-state index contributed by atoms with van der Waals surface area (Å²) in [6.45, 7) is 8.90. The molecule has 0 bridgehead atoms. The molecular formula is C25H32F3N7O3S. The molecule has 10 nitrogen and oxygen atoms in total. The van der Waals surface area contributed by atoms with Crippen LogP contribution in [0.3, 0.4) is 0 Å². The molecule has 0 unspecified atom stereocenters. The van der Waals surface area contributed by atoms with Gasteiger partial charge in [0.15, 0.2) is 5.82 Å². The van der Waals surface area contributed by atoms with Crippen molar-refractivity contribution < 1.29 is 27.4 Å². The molecule has 0 N–H and O–H groups in total. The average molecular weight is 568 g/mol. The van der Waals surface area contributed by atoms with Gasteiger partial charge in [-0.05, 0) is 46.1 Å². The van der Waals surface area contributed by atoms with Gasteiger partial charge in [-0.15, -0.1) is 21.5 Å². The summed E-state index contributed by atoms with van der Waals surface area (Å²) in [6.07, 6.45) is -1.47. The smallest absolute Gasteiger partial charge is 0.451 e. The van der Waals surface area contributed by atoms with E-state index in [0.717, 1.165) is 45.3 Å². The van der Waals surface area contributed by atoms with Gasteiger partial charge in [-0.3, -0.25) is 0 Å². The fraction of sp³-hybridized carbons (Fsp3) is 0.640. The summed E-state index contributed by atoms with van der Waals surface area (Å²) in [5.41, 5.74) is -0.594. The van der Waals surface area contributed by atoms with Gasteiger partial charge in [0, 0.05) is 24.5 Å². The zero-order valence-corrected chi connectivity index (χ0v) is 23.2. The Hall–Kier alpha value is -3.16. The molecule has 39 heavy (non-hydrogen) atoms. The SMILES string of the molecule is CCCc1cc2c(N3CCn4c(nnc4C(F)(F)F)C3)nc(OC[C@H]3CCCN3C(=O)OC(C)(C)C)nc2s1. The quantitative estimate of drug-likeness (QED) is 0.408. The highest BCUT2D eigenvalue weighted by Crippen LogP contribution is 2.36. The summed E-state index contributed by atoms with van der Waals surface area (Å²) in [7, 11) is 0. The van der Waals surface area contributed by atoms with Crippen LogP contribution in [0.25, 0.3) is 10.2 Å². The normalized spacial score (nSPS) is 18.1. The lowest BCUT2D eigenvalue weighted by molar-refractivity contribution is -0.147. The number of rotatable bonds is 6. The first-order chi connectivity index (χ1) is 18.4. The van der Waals surface area contributed by atoms with Crippen LogP contribution in [0.1, 0.15) is 63.5 Å². The van der Waals surface area contributed by atoms with Gasteiger partial charge in [-0.25, -0.2) is 4.79 Å². The van der Waals surface area contributed by atoms with Gasteiger partial charge < -0.3 is 23.8 Å². The largest absolute Gasteiger partial charge is 0.461 e. The van der Waals surface area contributed by atoms with Crippen molar-refractivity contribution in [3.63, 3.8) is 0 Å². The molecule has 3 aromatic heterocycles. The van der Waals surface area contributed by atoms with Gasteiger partial charge in [0.25, 0.3) is 0 Å². The average Bonchev–Trinajstić information content (AvgIpc) is 3.58. The number of likely N-dealkylation sites (tertiary alicyclic amines) is 1. The molecule has 1 saturated heterocycles. The highest BCUT2D eigenvalue weighted by Gasteiger charge is 2.40. The van der Waals surface area contributed by atoms with Crippen LogP contribution >= 0.6 is 11.3 Å². The van der Waals surface area contributed by atoms with Gasteiger partial charge in [-0.2, -0.15) is 23.1 Å². The summed E-state index contributed by atoms with van der Waals surface area (Å²) >= 11 is 1.55. The zero-order valence-electron chi connectivity index (χ0n) is 22.4. The lowest BCUT2D eigenvalue weighted by Gasteiger charge is -2.30. The van der Waals surface area contributed by atoms with E-state index in [1.807, 2.05) is 31.7 Å². The second-order valence-electron chi connectivity index (χ2n) is 10.8. The van der Waals surface area contributed by atoms with Crippen LogP contribution in [0.15, 0.2) is 6.07 Å². The Morgan fingerprint density at radius 2 is 1.95 bits per heavy atom. The van der Waals surface area contributed by atoms with Crippen molar-refractivity contribution in [2.45, 2.75) is 84.3 Å². The van der Waals surface area contributed by atoms with E-state index in [2.05, 4.69) is 22.1 Å². The summed E-state index contributed by atoms with van der Waals surface area (Å²) in [5.74, 6) is -0.168. The van der Waals surface area contributed by atoms with Crippen LogP contribution < -0.4 is 9.64 Å². The molecule has 0 aromatic carbocycles. The van der Waals surface area contributed by atoms with E-state index in [-0.39, 0.29) is 43.7 Å². The predicted molar refractivity (Wildman–Crippen MR) is 139 cm³/mol. The number of halogens is 3. The maximum Gasteiger partial charge on any atom is 0.451 e. The summed E-state index contributed by atoms with van der Waals surface area (Å²) < 4.78 is 52.7. The topological polar surface area (TPSA) is 98.5 Å². The van der Waals surface area contributed by atoms with E-state index in [1.165, 1.54) is 0 Å². The van der Waals surface area contributed by atoms with Crippen molar-refractivity contribution in [1.29, 1.82) is 0 Å². The molecule has 14 heteroatoms. The maximum absolute atomic E-state index is 13.3. The van der Waals surface area contributed by atoms with Crippen LogP contribution in [0.4, 0.5) is 23.8 Å². The number of thiophene rings is 1. The third kappa shape index (κ3) is 5.89. The monoisotopic (exact) mass is 567 g/mol. The molecule has 0 radical (unpaired) electrons. The molecule has 3 aromatic rings. The standard InChI is InChI=1S/C25H32F3N7O3S/c1-5-7-16-12-17-19(33-10-11-35-18(13-33)31-32-21(35)25(26,27)28)29-22(30-20(17)39-16)37-14-15-8-6-9-34(15)23(36)38-24(2,3)4/h12,15H,5-11,13-14H2,1-4H3/t15-/m1/s1. The number of anilines is 1. The third-order valence-corrected chi connectivity index (χ3v) is 7.70. The Morgan fingerprint density at radius 3 is 2.67 bits per heavy atom. The Kier molecular flexibility index (Phi) is 7.33. The lowest BCUT2D eigenvalue weighted by atomic mass is 10.2. The number of hydrogen-bond donors (Lipinski definition) is 0. The van der Waals surface area contributed by atoms with Crippen LogP contribution in [-0.2, 0) is 30.4 Å². The number of ether oxygens (including phenoxy) is 2. The first-order valence-corrected chi connectivity index (χ1v) is 13.9. The second kappa shape index (κ2) is 10.4. The number of nitrogens with zero attached hydrogens (tertiary/aromatic N) is 7. The summed E-state index contributed by atoms with van der Waals surface area (Å²) in [4.78, 5) is 27.5. The fourth-order valence-corrected chi connectivity index (χ4v) is 6.02. The molecule has 0 spiro atoms. The minimum Gasteiger partial charge on any atom is -0.461 e. The van der Waals surface area contributed by atoms with Crippen LogP contribution in [-0.4, -0.2) is 67.1 Å². The van der Waals surface area contributed by atoms with E-state index in [9.17, 15) is 18.0 Å². The number of aryl methyl sites for hydroxylation is 1. The zero-order chi connectivity index (χ0) is 27.9. The molecule has 0 saturated carbocycles. The van der Waals surface area contributed by atoms with Crippen LogP contribution in [0.5, 0.6) is 6.01 Å². The first kappa shape index (κ1) is 27.4. The molecule has 2 aliphatic rings. The fourth-order valence-electron chi connectivity index (χ4n) is 4.90. The molecule has 5 rings (SSSR count). The van der Waals surface area contributed by atoms with E-state index >= 15 is 0 Å². The van der Waals surface area contributed by atoms with Gasteiger partial charge in [-0.1, -0.05) is 13.3 Å². The van der Waals surface area contributed by atoms with Crippen LogP contribution in [0, 0.1) is 0 Å². The maximum atomic E-state index is 13.3. The number of carbonyl (C=O) groups excluding carboxylic acids is 1. The van der Waals surface area contributed by atoms with E-state index in [1.54, 1.807) is 16.2 Å². The Bertz CT molecular complexity index is 1350. The predicted octanol–water partition coefficient (Wildman–Crippen LogP) is 5.05. The summed E-state index contributed by atoms with van der Waals surface area (Å²) in [5, 5.41) is 8.02. The molecule has 2 aliphatic heterocycles. The molecular weight excluding hydrogens is 535 g/mol. The van der Waals surface area contributed by atoms with E-state index < -0.39 is 17.6 Å². The van der Waals surface area contributed by atoms with Crippen molar-refractivity contribution in [1.82, 2.24) is 29.6 Å². The molecule has 212 valence electrons. The van der Waals surface area contributed by atoms with Gasteiger partial charge in [0.2, 0.25) is 5.82 Å². The van der Waals surface area contributed by atoms with E-state index in [4.69, 9.17) is 14.5 Å².